The van der Waals surface area contributed by atoms with E-state index in [9.17, 15) is 24.9 Å². The molecule has 0 bridgehead atoms. The first-order chi connectivity index (χ1) is 11.7. The zero-order valence-corrected chi connectivity index (χ0v) is 14.2. The summed E-state index contributed by atoms with van der Waals surface area (Å²) in [6.07, 6.45) is -7.16. The number of aliphatic hydroxyl groups is 3. The minimum atomic E-state index is -1.58. The van der Waals surface area contributed by atoms with E-state index in [2.05, 4.69) is 10.3 Å². The molecular formula is C14H21N3O8. The fourth-order valence-corrected chi connectivity index (χ4v) is 2.48. The number of anilines is 1. The van der Waals surface area contributed by atoms with Crippen molar-refractivity contribution in [1.29, 1.82) is 0 Å². The maximum Gasteiger partial charge on any atom is 0.300 e. The maximum atomic E-state index is 12.3. The van der Waals surface area contributed by atoms with E-state index < -0.39 is 42.2 Å². The van der Waals surface area contributed by atoms with Crippen LogP contribution in [-0.2, 0) is 16.5 Å². The molecule has 0 unspecified atom stereocenters. The van der Waals surface area contributed by atoms with Gasteiger partial charge in [0.1, 0.15) is 29.7 Å². The summed E-state index contributed by atoms with van der Waals surface area (Å²) in [4.78, 5) is 28.2. The molecule has 11 nitrogen and oxygen atoms in total. The lowest BCUT2D eigenvalue weighted by atomic mass is 10.0. The topological polar surface area (TPSA) is 152 Å². The average Bonchev–Trinajstić information content (AvgIpc) is 2.57. The molecule has 1 fully saturated rings. The Balaban J connectivity index is 2.43. The van der Waals surface area contributed by atoms with Crippen molar-refractivity contribution in [2.45, 2.75) is 37.8 Å². The van der Waals surface area contributed by atoms with Crippen LogP contribution in [0.5, 0.6) is 6.01 Å². The van der Waals surface area contributed by atoms with Gasteiger partial charge in [-0.05, 0) is 6.92 Å². The summed E-state index contributed by atoms with van der Waals surface area (Å²) in [6.45, 7) is 1.19. The van der Waals surface area contributed by atoms with Crippen LogP contribution in [0.25, 0.3) is 0 Å². The van der Waals surface area contributed by atoms with Crippen LogP contribution in [-0.4, -0.2) is 75.7 Å². The number of Topliss-reactive ketones (excluding diaryl/α,β-unsaturated/α-hetero) is 1. The SMILES string of the molecule is COc1nc(N[C@H]2O[C@@H](OC)[C@@H](O)[C@@H](O)[C@@H]2O)c(C(C)=O)c(=O)n1C. The molecule has 4 N–H and O–H groups in total. The van der Waals surface area contributed by atoms with Crippen LogP contribution in [0.15, 0.2) is 4.79 Å². The molecule has 0 saturated carbocycles. The molecule has 140 valence electrons. The molecule has 25 heavy (non-hydrogen) atoms. The second-order valence-corrected chi connectivity index (χ2v) is 5.52. The van der Waals surface area contributed by atoms with Crippen molar-refractivity contribution >= 4 is 11.6 Å². The van der Waals surface area contributed by atoms with Gasteiger partial charge in [-0.1, -0.05) is 0 Å². The standard InChI is InChI=1S/C14H21N3O8/c1-5(18)6-10(16-14(24-4)17(2)12(6)22)15-11-8(20)7(19)9(21)13(23-3)25-11/h7-9,11,13,15,19-21H,1-4H3/t7-,8-,9-,11-,13+/m0/s1. The first-order valence-electron chi connectivity index (χ1n) is 7.37. The second kappa shape index (κ2) is 7.45. The highest BCUT2D eigenvalue weighted by molar-refractivity contribution is 5.98. The highest BCUT2D eigenvalue weighted by Crippen LogP contribution is 2.24. The Morgan fingerprint density at radius 1 is 1.24 bits per heavy atom. The number of hydrogen-bond acceptors (Lipinski definition) is 10. The van der Waals surface area contributed by atoms with Crippen molar-refractivity contribution in [2.24, 2.45) is 7.05 Å². The zero-order valence-electron chi connectivity index (χ0n) is 14.2. The summed E-state index contributed by atoms with van der Waals surface area (Å²) < 4.78 is 16.2. The van der Waals surface area contributed by atoms with Gasteiger partial charge in [-0.2, -0.15) is 4.98 Å². The zero-order chi connectivity index (χ0) is 18.9. The highest BCUT2D eigenvalue weighted by Gasteiger charge is 2.44. The predicted octanol–water partition coefficient (Wildman–Crippen LogP) is -2.19. The van der Waals surface area contributed by atoms with Crippen LogP contribution < -0.4 is 15.6 Å². The number of rotatable bonds is 5. The van der Waals surface area contributed by atoms with Gasteiger partial charge in [0.25, 0.3) is 5.56 Å². The number of aliphatic hydroxyl groups excluding tert-OH is 3. The van der Waals surface area contributed by atoms with Gasteiger partial charge in [0.15, 0.2) is 18.3 Å². The van der Waals surface area contributed by atoms with Gasteiger partial charge >= 0.3 is 6.01 Å². The van der Waals surface area contributed by atoms with Crippen LogP contribution >= 0.6 is 0 Å². The maximum absolute atomic E-state index is 12.3. The second-order valence-electron chi connectivity index (χ2n) is 5.52. The lowest BCUT2D eigenvalue weighted by molar-refractivity contribution is -0.283. The van der Waals surface area contributed by atoms with Gasteiger partial charge < -0.3 is 34.8 Å². The van der Waals surface area contributed by atoms with E-state index in [1.54, 1.807) is 0 Å². The summed E-state index contributed by atoms with van der Waals surface area (Å²) in [5.41, 5.74) is -0.926. The van der Waals surface area contributed by atoms with Crippen LogP contribution in [0, 0.1) is 0 Å². The van der Waals surface area contributed by atoms with Gasteiger partial charge in [-0.25, -0.2) is 0 Å². The van der Waals surface area contributed by atoms with E-state index in [1.807, 2.05) is 0 Å². The number of nitrogens with zero attached hydrogens (tertiary/aromatic N) is 2. The molecule has 1 saturated heterocycles. The fraction of sp³-hybridized carbons (Fsp3) is 0.643. The van der Waals surface area contributed by atoms with E-state index in [4.69, 9.17) is 14.2 Å². The Morgan fingerprint density at radius 3 is 2.40 bits per heavy atom. The minimum Gasteiger partial charge on any atom is -0.468 e. The van der Waals surface area contributed by atoms with Crippen LogP contribution in [0.2, 0.25) is 0 Å². The van der Waals surface area contributed by atoms with E-state index in [-0.39, 0.29) is 17.4 Å². The third-order valence-electron chi connectivity index (χ3n) is 3.87. The predicted molar refractivity (Wildman–Crippen MR) is 83.3 cm³/mol. The molecule has 1 aliphatic heterocycles. The van der Waals surface area contributed by atoms with E-state index in [1.165, 1.54) is 28.2 Å². The van der Waals surface area contributed by atoms with Crippen molar-refractivity contribution in [1.82, 2.24) is 9.55 Å². The van der Waals surface area contributed by atoms with E-state index >= 15 is 0 Å². The van der Waals surface area contributed by atoms with Gasteiger partial charge in [0.2, 0.25) is 0 Å². The van der Waals surface area contributed by atoms with Gasteiger partial charge in [0, 0.05) is 14.2 Å². The van der Waals surface area contributed by atoms with Crippen LogP contribution in [0.1, 0.15) is 17.3 Å². The number of hydrogen-bond donors (Lipinski definition) is 4. The molecule has 0 aliphatic carbocycles. The number of ketones is 1. The smallest absolute Gasteiger partial charge is 0.300 e. The third-order valence-corrected chi connectivity index (χ3v) is 3.87. The molecule has 11 heteroatoms. The van der Waals surface area contributed by atoms with Crippen molar-refractivity contribution in [3.63, 3.8) is 0 Å². The molecular weight excluding hydrogens is 338 g/mol. The number of carbonyl (C=O) groups is 1. The molecule has 1 aromatic rings. The minimum absolute atomic E-state index is 0.0772. The Morgan fingerprint density at radius 2 is 1.88 bits per heavy atom. The molecule has 0 aromatic carbocycles. The molecule has 1 aliphatic rings. The number of carbonyl (C=O) groups excluding carboxylic acids is 1. The monoisotopic (exact) mass is 359 g/mol. The normalized spacial score (nSPS) is 29.3. The summed E-state index contributed by atoms with van der Waals surface area (Å²) in [5.74, 6) is -0.748. The van der Waals surface area contributed by atoms with Crippen molar-refractivity contribution in [3.05, 3.63) is 15.9 Å². The van der Waals surface area contributed by atoms with Gasteiger partial charge in [-0.15, -0.1) is 0 Å². The Kier molecular flexibility index (Phi) is 5.75. The summed E-state index contributed by atoms with van der Waals surface area (Å²) in [5, 5.41) is 32.3. The van der Waals surface area contributed by atoms with Gasteiger partial charge in [-0.3, -0.25) is 14.2 Å². The molecule has 0 spiro atoms. The van der Waals surface area contributed by atoms with E-state index in [0.717, 1.165) is 4.57 Å². The summed E-state index contributed by atoms with van der Waals surface area (Å²) >= 11 is 0. The van der Waals surface area contributed by atoms with Crippen molar-refractivity contribution in [3.8, 4) is 6.01 Å². The number of aromatic nitrogens is 2. The molecule has 1 aromatic heterocycles. The fourth-order valence-electron chi connectivity index (χ4n) is 2.48. The van der Waals surface area contributed by atoms with Crippen LogP contribution in [0.3, 0.4) is 0 Å². The van der Waals surface area contributed by atoms with Gasteiger partial charge in [0.05, 0.1) is 7.11 Å². The summed E-state index contributed by atoms with van der Waals surface area (Å²) in [7, 11) is 3.93. The average molecular weight is 359 g/mol. The quantitative estimate of drug-likeness (QED) is 0.427. The molecule has 0 amide bonds. The van der Waals surface area contributed by atoms with Crippen molar-refractivity contribution in [2.75, 3.05) is 19.5 Å². The Hall–Kier alpha value is -2.05. The first-order valence-corrected chi connectivity index (χ1v) is 7.37. The third kappa shape index (κ3) is 3.50. The lowest BCUT2D eigenvalue weighted by Gasteiger charge is -2.40. The molecule has 2 rings (SSSR count). The molecule has 2 heterocycles. The molecule has 5 atom stereocenters. The largest absolute Gasteiger partial charge is 0.468 e. The summed E-state index contributed by atoms with van der Waals surface area (Å²) in [6, 6.07) is -0.0772. The Bertz CT molecular complexity index is 704. The van der Waals surface area contributed by atoms with E-state index in [0.29, 0.717) is 0 Å². The highest BCUT2D eigenvalue weighted by atomic mass is 16.7. The first kappa shape index (κ1) is 19.3. The lowest BCUT2D eigenvalue weighted by Crippen LogP contribution is -2.60. The number of nitrogens with one attached hydrogen (secondary N) is 1. The number of methoxy groups -OCH3 is 2. The Labute approximate surface area is 142 Å². The van der Waals surface area contributed by atoms with Crippen molar-refractivity contribution < 1.29 is 34.3 Å². The molecule has 0 radical (unpaired) electrons. The number of ether oxygens (including phenoxy) is 3. The van der Waals surface area contributed by atoms with Crippen LogP contribution in [0.4, 0.5) is 5.82 Å².